The zero-order valence-electron chi connectivity index (χ0n) is 10.2. The highest BCUT2D eigenvalue weighted by atomic mass is 16.2. The number of hydrogen-bond acceptors (Lipinski definition) is 3. The van der Waals surface area contributed by atoms with Crippen molar-refractivity contribution in [1.82, 2.24) is 4.90 Å². The monoisotopic (exact) mass is 231 g/mol. The Labute approximate surface area is 102 Å². The van der Waals surface area contributed by atoms with Crippen LogP contribution in [0.5, 0.6) is 0 Å². The summed E-state index contributed by atoms with van der Waals surface area (Å²) in [5, 5.41) is 11.3. The summed E-state index contributed by atoms with van der Waals surface area (Å²) in [7, 11) is 1.84. The summed E-state index contributed by atoms with van der Waals surface area (Å²) in [5.41, 5.74) is 0.790. The fourth-order valence-corrected chi connectivity index (χ4v) is 1.39. The molecule has 0 radical (unpaired) electrons. The maximum Gasteiger partial charge on any atom is 0.241 e. The first-order valence-electron chi connectivity index (χ1n) is 5.58. The molecule has 0 saturated heterocycles. The topological polar surface area (TPSA) is 56.1 Å². The molecule has 17 heavy (non-hydrogen) atoms. The molecular formula is C13H17N3O. The standard InChI is InChI=1S/C13H17N3O/c1-11(16(2)10-6-9-14)13(17)15-12-7-4-3-5-8-12/h3-5,7-8,11H,6,10H2,1-2H3,(H,15,17). The van der Waals surface area contributed by atoms with Crippen LogP contribution in [-0.2, 0) is 4.79 Å². The summed E-state index contributed by atoms with van der Waals surface area (Å²) in [5.74, 6) is -0.0587. The van der Waals surface area contributed by atoms with Gasteiger partial charge in [0, 0.05) is 18.7 Å². The second-order valence-electron chi connectivity index (χ2n) is 3.92. The van der Waals surface area contributed by atoms with Gasteiger partial charge in [0.25, 0.3) is 0 Å². The van der Waals surface area contributed by atoms with Gasteiger partial charge in [-0.3, -0.25) is 9.69 Å². The molecule has 0 aliphatic heterocycles. The molecule has 1 unspecified atom stereocenters. The minimum Gasteiger partial charge on any atom is -0.325 e. The molecule has 1 N–H and O–H groups in total. The van der Waals surface area contributed by atoms with Gasteiger partial charge in [0.1, 0.15) is 0 Å². The van der Waals surface area contributed by atoms with E-state index in [9.17, 15) is 4.79 Å². The van der Waals surface area contributed by atoms with Crippen molar-refractivity contribution in [2.45, 2.75) is 19.4 Å². The number of nitriles is 1. The average Bonchev–Trinajstić information content (AvgIpc) is 2.36. The van der Waals surface area contributed by atoms with Crippen LogP contribution in [0.25, 0.3) is 0 Å². The van der Waals surface area contributed by atoms with E-state index in [0.29, 0.717) is 13.0 Å². The van der Waals surface area contributed by atoms with Crippen LogP contribution in [0.1, 0.15) is 13.3 Å². The predicted octanol–water partition coefficient (Wildman–Crippen LogP) is 1.86. The molecule has 0 aliphatic carbocycles. The van der Waals surface area contributed by atoms with Crippen LogP contribution in [0.3, 0.4) is 0 Å². The van der Waals surface area contributed by atoms with Crippen LogP contribution in [0.2, 0.25) is 0 Å². The fraction of sp³-hybridized carbons (Fsp3) is 0.385. The van der Waals surface area contributed by atoms with Crippen molar-refractivity contribution in [3.05, 3.63) is 30.3 Å². The third-order valence-electron chi connectivity index (χ3n) is 2.66. The van der Waals surface area contributed by atoms with E-state index in [-0.39, 0.29) is 11.9 Å². The lowest BCUT2D eigenvalue weighted by molar-refractivity contribution is -0.120. The van der Waals surface area contributed by atoms with Crippen LogP contribution >= 0.6 is 0 Å². The summed E-state index contributed by atoms with van der Waals surface area (Å²) in [4.78, 5) is 13.7. The van der Waals surface area contributed by atoms with Gasteiger partial charge in [-0.15, -0.1) is 0 Å². The predicted molar refractivity (Wildman–Crippen MR) is 67.4 cm³/mol. The molecule has 0 aliphatic rings. The van der Waals surface area contributed by atoms with Gasteiger partial charge in [0.05, 0.1) is 12.1 Å². The van der Waals surface area contributed by atoms with E-state index in [0.717, 1.165) is 5.69 Å². The number of para-hydroxylation sites is 1. The Morgan fingerprint density at radius 3 is 2.71 bits per heavy atom. The van der Waals surface area contributed by atoms with Gasteiger partial charge in [-0.25, -0.2) is 0 Å². The Kier molecular flexibility index (Phi) is 5.18. The molecule has 0 heterocycles. The third kappa shape index (κ3) is 4.25. The summed E-state index contributed by atoms with van der Waals surface area (Å²) < 4.78 is 0. The second-order valence-corrected chi connectivity index (χ2v) is 3.92. The molecule has 0 fully saturated rings. The normalized spacial score (nSPS) is 11.9. The maximum atomic E-state index is 11.9. The molecule has 0 spiro atoms. The summed E-state index contributed by atoms with van der Waals surface area (Å²) in [6.45, 7) is 2.43. The van der Waals surface area contributed by atoms with Crippen LogP contribution in [0, 0.1) is 11.3 Å². The number of benzene rings is 1. The summed E-state index contributed by atoms with van der Waals surface area (Å²) >= 11 is 0. The van der Waals surface area contributed by atoms with Gasteiger partial charge in [-0.05, 0) is 26.1 Å². The Bertz CT molecular complexity index is 397. The smallest absolute Gasteiger partial charge is 0.241 e. The zero-order valence-corrected chi connectivity index (χ0v) is 10.2. The molecule has 0 bridgehead atoms. The zero-order chi connectivity index (χ0) is 12.7. The minimum atomic E-state index is -0.247. The van der Waals surface area contributed by atoms with Gasteiger partial charge in [-0.2, -0.15) is 5.26 Å². The molecule has 1 aromatic carbocycles. The lowest BCUT2D eigenvalue weighted by Gasteiger charge is -2.22. The molecule has 1 rings (SSSR count). The number of amides is 1. The first-order valence-corrected chi connectivity index (χ1v) is 5.58. The van der Waals surface area contributed by atoms with E-state index in [1.807, 2.05) is 49.2 Å². The molecule has 4 nitrogen and oxygen atoms in total. The quantitative estimate of drug-likeness (QED) is 0.841. The van der Waals surface area contributed by atoms with E-state index < -0.39 is 0 Å². The molecule has 1 aromatic rings. The second kappa shape index (κ2) is 6.66. The first-order chi connectivity index (χ1) is 8.15. The number of hydrogen-bond donors (Lipinski definition) is 1. The number of nitrogens with zero attached hydrogens (tertiary/aromatic N) is 2. The van der Waals surface area contributed by atoms with Crippen LogP contribution in [0.15, 0.2) is 30.3 Å². The van der Waals surface area contributed by atoms with Crippen molar-refractivity contribution in [2.75, 3.05) is 18.9 Å². The lowest BCUT2D eigenvalue weighted by Crippen LogP contribution is -2.39. The van der Waals surface area contributed by atoms with Gasteiger partial charge in [0.2, 0.25) is 5.91 Å². The molecule has 0 aromatic heterocycles. The molecule has 1 atom stereocenters. The van der Waals surface area contributed by atoms with Gasteiger partial charge in [0.15, 0.2) is 0 Å². The number of carbonyl (C=O) groups is 1. The van der Waals surface area contributed by atoms with Gasteiger partial charge < -0.3 is 5.32 Å². The molecule has 0 saturated carbocycles. The minimum absolute atomic E-state index is 0.0587. The fourth-order valence-electron chi connectivity index (χ4n) is 1.39. The Morgan fingerprint density at radius 1 is 1.47 bits per heavy atom. The maximum absolute atomic E-state index is 11.9. The van der Waals surface area contributed by atoms with Crippen LogP contribution in [-0.4, -0.2) is 30.4 Å². The number of anilines is 1. The van der Waals surface area contributed by atoms with E-state index >= 15 is 0 Å². The lowest BCUT2D eigenvalue weighted by atomic mass is 10.2. The summed E-state index contributed by atoms with van der Waals surface area (Å²) in [6, 6.07) is 11.2. The highest BCUT2D eigenvalue weighted by Gasteiger charge is 2.17. The van der Waals surface area contributed by atoms with E-state index in [1.54, 1.807) is 0 Å². The van der Waals surface area contributed by atoms with Crippen molar-refractivity contribution < 1.29 is 4.79 Å². The molecule has 1 amide bonds. The third-order valence-corrected chi connectivity index (χ3v) is 2.66. The molecule has 90 valence electrons. The molecular weight excluding hydrogens is 214 g/mol. The van der Waals surface area contributed by atoms with Gasteiger partial charge >= 0.3 is 0 Å². The Hall–Kier alpha value is -1.86. The van der Waals surface area contributed by atoms with Crippen LogP contribution in [0.4, 0.5) is 5.69 Å². The average molecular weight is 231 g/mol. The van der Waals surface area contributed by atoms with Crippen molar-refractivity contribution in [3.63, 3.8) is 0 Å². The number of nitrogens with one attached hydrogen (secondary N) is 1. The van der Waals surface area contributed by atoms with Crippen molar-refractivity contribution in [3.8, 4) is 6.07 Å². The van der Waals surface area contributed by atoms with Crippen molar-refractivity contribution in [2.24, 2.45) is 0 Å². The number of likely N-dealkylation sites (N-methyl/N-ethyl adjacent to an activating group) is 1. The molecule has 4 heteroatoms. The van der Waals surface area contributed by atoms with E-state index in [1.165, 1.54) is 0 Å². The van der Waals surface area contributed by atoms with Crippen LogP contribution < -0.4 is 5.32 Å². The van der Waals surface area contributed by atoms with Crippen molar-refractivity contribution >= 4 is 11.6 Å². The number of carbonyl (C=O) groups excluding carboxylic acids is 1. The Morgan fingerprint density at radius 2 is 2.12 bits per heavy atom. The SMILES string of the molecule is CC(C(=O)Nc1ccccc1)N(C)CCC#N. The highest BCUT2D eigenvalue weighted by Crippen LogP contribution is 2.07. The number of rotatable bonds is 5. The van der Waals surface area contributed by atoms with Gasteiger partial charge in [-0.1, -0.05) is 18.2 Å². The van der Waals surface area contributed by atoms with E-state index in [4.69, 9.17) is 5.26 Å². The Balaban J connectivity index is 2.50. The first kappa shape index (κ1) is 13.2. The van der Waals surface area contributed by atoms with Crippen molar-refractivity contribution in [1.29, 1.82) is 5.26 Å². The summed E-state index contributed by atoms with van der Waals surface area (Å²) in [6.07, 6.45) is 0.430. The highest BCUT2D eigenvalue weighted by molar-refractivity contribution is 5.94. The van der Waals surface area contributed by atoms with E-state index in [2.05, 4.69) is 11.4 Å². The largest absolute Gasteiger partial charge is 0.325 e.